The summed E-state index contributed by atoms with van der Waals surface area (Å²) in [6.45, 7) is 0. The molecule has 11 heavy (non-hydrogen) atoms. The highest BCUT2D eigenvalue weighted by atomic mass is 19.1. The van der Waals surface area contributed by atoms with E-state index in [2.05, 4.69) is 0 Å². The predicted molar refractivity (Wildman–Crippen MR) is 37.6 cm³/mol. The first kappa shape index (κ1) is 7.55. The minimum atomic E-state index is -1.74. The van der Waals surface area contributed by atoms with Crippen LogP contribution in [0.15, 0.2) is 24.3 Å². The van der Waals surface area contributed by atoms with Crippen LogP contribution in [0.1, 0.15) is 11.7 Å². The summed E-state index contributed by atoms with van der Waals surface area (Å²) in [7, 11) is 0. The topological polar surface area (TPSA) is 44.0 Å². The molecule has 0 bridgehead atoms. The van der Waals surface area contributed by atoms with E-state index in [-0.39, 0.29) is 11.3 Å². The number of aromatic hydroxyl groups is 1. The van der Waals surface area contributed by atoms with Crippen LogP contribution in [0.5, 0.6) is 5.75 Å². The van der Waals surface area contributed by atoms with Gasteiger partial charge in [-0.25, -0.2) is 4.39 Å². The van der Waals surface area contributed by atoms with E-state index in [1.165, 1.54) is 18.2 Å². The molecule has 0 saturated carbocycles. The van der Waals surface area contributed by atoms with Gasteiger partial charge in [0, 0.05) is 5.56 Å². The molecule has 1 rings (SSSR count). The molecule has 1 aromatic rings. The number of benzene rings is 1. The second-order valence-corrected chi connectivity index (χ2v) is 2.05. The van der Waals surface area contributed by atoms with E-state index in [1.807, 2.05) is 0 Å². The molecule has 0 aliphatic heterocycles. The fraction of sp³-hybridized carbons (Fsp3) is 0.125. The summed E-state index contributed by atoms with van der Waals surface area (Å²) < 4.78 is 12.6. The summed E-state index contributed by atoms with van der Waals surface area (Å²) in [6.07, 6.45) is -1.74. The fourth-order valence-corrected chi connectivity index (χ4v) is 0.771. The third-order valence-corrected chi connectivity index (χ3v) is 1.32. The second kappa shape index (κ2) is 3.02. The molecule has 0 amide bonds. The van der Waals surface area contributed by atoms with E-state index in [1.54, 1.807) is 12.1 Å². The molecule has 1 atom stereocenters. The highest BCUT2D eigenvalue weighted by Crippen LogP contribution is 2.25. The summed E-state index contributed by atoms with van der Waals surface area (Å²) >= 11 is 0. The van der Waals surface area contributed by atoms with E-state index < -0.39 is 6.17 Å². The fourth-order valence-electron chi connectivity index (χ4n) is 0.771. The van der Waals surface area contributed by atoms with E-state index in [0.717, 1.165) is 0 Å². The summed E-state index contributed by atoms with van der Waals surface area (Å²) in [5.41, 5.74) is 0.0231. The van der Waals surface area contributed by atoms with Crippen LogP contribution in [-0.4, -0.2) is 5.11 Å². The third-order valence-electron chi connectivity index (χ3n) is 1.32. The van der Waals surface area contributed by atoms with Crippen molar-refractivity contribution in [1.29, 1.82) is 5.26 Å². The molecule has 3 heteroatoms. The van der Waals surface area contributed by atoms with Crippen LogP contribution in [0.2, 0.25) is 0 Å². The van der Waals surface area contributed by atoms with Crippen LogP contribution < -0.4 is 0 Å². The van der Waals surface area contributed by atoms with Crippen molar-refractivity contribution in [2.75, 3.05) is 0 Å². The molecular formula is C8H6FNO. The number of para-hydroxylation sites is 1. The van der Waals surface area contributed by atoms with Crippen molar-refractivity contribution in [2.24, 2.45) is 0 Å². The zero-order valence-electron chi connectivity index (χ0n) is 5.66. The lowest BCUT2D eigenvalue weighted by molar-refractivity contribution is 0.396. The molecule has 0 aromatic heterocycles. The van der Waals surface area contributed by atoms with Crippen molar-refractivity contribution in [3.63, 3.8) is 0 Å². The lowest BCUT2D eigenvalue weighted by atomic mass is 10.1. The van der Waals surface area contributed by atoms with E-state index in [9.17, 15) is 4.39 Å². The van der Waals surface area contributed by atoms with Gasteiger partial charge in [0.05, 0.1) is 0 Å². The molecule has 1 unspecified atom stereocenters. The maximum absolute atomic E-state index is 12.6. The van der Waals surface area contributed by atoms with Crippen LogP contribution in [0.3, 0.4) is 0 Å². The monoisotopic (exact) mass is 151 g/mol. The molecule has 56 valence electrons. The molecule has 0 spiro atoms. The van der Waals surface area contributed by atoms with E-state index in [0.29, 0.717) is 0 Å². The summed E-state index contributed by atoms with van der Waals surface area (Å²) in [5.74, 6) is -0.179. The Hall–Kier alpha value is -1.56. The quantitative estimate of drug-likeness (QED) is 0.666. The third kappa shape index (κ3) is 1.47. The lowest BCUT2D eigenvalue weighted by Crippen LogP contribution is -1.86. The molecule has 0 fully saturated rings. The number of hydrogen-bond donors (Lipinski definition) is 1. The normalized spacial score (nSPS) is 12.0. The van der Waals surface area contributed by atoms with Gasteiger partial charge in [-0.15, -0.1) is 0 Å². The Balaban J connectivity index is 3.05. The van der Waals surface area contributed by atoms with Crippen molar-refractivity contribution in [1.82, 2.24) is 0 Å². The van der Waals surface area contributed by atoms with Crippen LogP contribution in [0.25, 0.3) is 0 Å². The van der Waals surface area contributed by atoms with Crippen LogP contribution in [0, 0.1) is 11.3 Å². The Morgan fingerprint density at radius 1 is 1.45 bits per heavy atom. The smallest absolute Gasteiger partial charge is 0.214 e. The largest absolute Gasteiger partial charge is 0.508 e. The van der Waals surface area contributed by atoms with Crippen molar-refractivity contribution >= 4 is 0 Å². The van der Waals surface area contributed by atoms with Crippen molar-refractivity contribution in [3.8, 4) is 11.8 Å². The highest BCUT2D eigenvalue weighted by Gasteiger charge is 2.10. The standard InChI is InChI=1S/C8H6FNO/c9-7(5-10)6-3-1-2-4-8(6)11/h1-4,7,11H. The highest BCUT2D eigenvalue weighted by molar-refractivity contribution is 5.35. The first-order valence-electron chi connectivity index (χ1n) is 3.07. The van der Waals surface area contributed by atoms with Gasteiger partial charge >= 0.3 is 0 Å². The maximum atomic E-state index is 12.6. The van der Waals surface area contributed by atoms with Gasteiger partial charge in [-0.1, -0.05) is 18.2 Å². The van der Waals surface area contributed by atoms with Crippen molar-refractivity contribution in [2.45, 2.75) is 6.17 Å². The van der Waals surface area contributed by atoms with Crippen LogP contribution >= 0.6 is 0 Å². The molecule has 1 N–H and O–H groups in total. The van der Waals surface area contributed by atoms with Gasteiger partial charge in [-0.2, -0.15) is 5.26 Å². The van der Waals surface area contributed by atoms with E-state index in [4.69, 9.17) is 10.4 Å². The zero-order chi connectivity index (χ0) is 8.27. The molecule has 1 aromatic carbocycles. The average molecular weight is 151 g/mol. The minimum Gasteiger partial charge on any atom is -0.508 e. The van der Waals surface area contributed by atoms with Gasteiger partial charge in [0.2, 0.25) is 6.17 Å². The van der Waals surface area contributed by atoms with Gasteiger partial charge in [0.25, 0.3) is 0 Å². The van der Waals surface area contributed by atoms with Crippen molar-refractivity contribution in [3.05, 3.63) is 29.8 Å². The number of phenols is 1. The second-order valence-electron chi connectivity index (χ2n) is 2.05. The predicted octanol–water partition coefficient (Wildman–Crippen LogP) is 1.93. The van der Waals surface area contributed by atoms with Gasteiger partial charge in [-0.05, 0) is 6.07 Å². The SMILES string of the molecule is N#CC(F)c1ccccc1O. The number of rotatable bonds is 1. The first-order valence-corrected chi connectivity index (χ1v) is 3.07. The van der Waals surface area contributed by atoms with Crippen molar-refractivity contribution < 1.29 is 9.50 Å². The zero-order valence-corrected chi connectivity index (χ0v) is 5.66. The lowest BCUT2D eigenvalue weighted by Gasteiger charge is -2.00. The Bertz CT molecular complexity index is 292. The van der Waals surface area contributed by atoms with Crippen LogP contribution in [-0.2, 0) is 0 Å². The molecular weight excluding hydrogens is 145 g/mol. The minimum absolute atomic E-state index is 0.0231. The Morgan fingerprint density at radius 3 is 2.64 bits per heavy atom. The summed E-state index contributed by atoms with van der Waals surface area (Å²) in [5, 5.41) is 17.2. The maximum Gasteiger partial charge on any atom is 0.214 e. The molecule has 0 aliphatic carbocycles. The Kier molecular flexibility index (Phi) is 2.07. The molecule has 2 nitrogen and oxygen atoms in total. The first-order chi connectivity index (χ1) is 5.25. The van der Waals surface area contributed by atoms with Gasteiger partial charge < -0.3 is 5.11 Å². The molecule has 0 aliphatic rings. The number of nitrogens with zero attached hydrogens (tertiary/aromatic N) is 1. The number of phenolic OH excluding ortho intramolecular Hbond substituents is 1. The molecule has 0 heterocycles. The van der Waals surface area contributed by atoms with Gasteiger partial charge in [0.1, 0.15) is 11.8 Å². The van der Waals surface area contributed by atoms with E-state index >= 15 is 0 Å². The number of alkyl halides is 1. The molecule has 0 radical (unpaired) electrons. The van der Waals surface area contributed by atoms with Gasteiger partial charge in [-0.3, -0.25) is 0 Å². The number of nitriles is 1. The van der Waals surface area contributed by atoms with Crippen LogP contribution in [0.4, 0.5) is 4.39 Å². The molecule has 0 saturated heterocycles. The summed E-state index contributed by atoms with van der Waals surface area (Å²) in [4.78, 5) is 0. The number of halogens is 1. The average Bonchev–Trinajstić information content (AvgIpc) is 2.04. The summed E-state index contributed by atoms with van der Waals surface area (Å²) in [6, 6.07) is 7.26. The van der Waals surface area contributed by atoms with Gasteiger partial charge in [0.15, 0.2) is 0 Å². The Labute approximate surface area is 63.5 Å². The Morgan fingerprint density at radius 2 is 2.09 bits per heavy atom. The number of hydrogen-bond acceptors (Lipinski definition) is 2.